The van der Waals surface area contributed by atoms with Crippen molar-refractivity contribution in [2.75, 3.05) is 31.1 Å². The molecule has 0 radical (unpaired) electrons. The van der Waals surface area contributed by atoms with Crippen LogP contribution in [0, 0.1) is 6.92 Å². The molecule has 1 aromatic heterocycles. The zero-order valence-corrected chi connectivity index (χ0v) is 13.5. The highest BCUT2D eigenvalue weighted by Crippen LogP contribution is 2.23. The molecule has 2 rings (SSSR count). The summed E-state index contributed by atoms with van der Waals surface area (Å²) in [5.74, 6) is 1.71. The van der Waals surface area contributed by atoms with Gasteiger partial charge in [0.05, 0.1) is 6.54 Å². The number of aliphatic imine (C=N–C) groups is 1. The van der Waals surface area contributed by atoms with Crippen molar-refractivity contribution in [2.24, 2.45) is 10.7 Å². The Bertz CT molecular complexity index is 487. The summed E-state index contributed by atoms with van der Waals surface area (Å²) in [6.07, 6.45) is 2.50. The van der Waals surface area contributed by atoms with E-state index in [1.54, 1.807) is 0 Å². The summed E-state index contributed by atoms with van der Waals surface area (Å²) in [6, 6.07) is 4.19. The fourth-order valence-electron chi connectivity index (χ4n) is 2.71. The van der Waals surface area contributed by atoms with Crippen LogP contribution in [-0.4, -0.2) is 42.0 Å². The normalized spacial score (nSPS) is 15.6. The average molecular weight is 289 g/mol. The van der Waals surface area contributed by atoms with Gasteiger partial charge in [0.15, 0.2) is 5.96 Å². The SMILES string of the molecule is CCN(CC)C(N)=NCc1ccc(C)nc1N1CCCC1. The van der Waals surface area contributed by atoms with Crippen LogP contribution in [0.15, 0.2) is 17.1 Å². The Balaban J connectivity index is 2.17. The fraction of sp³-hybridized carbons (Fsp3) is 0.625. The standard InChI is InChI=1S/C16H27N5/c1-4-20(5-2)16(17)18-12-14-9-8-13(3)19-15(14)21-10-6-7-11-21/h8-9H,4-7,10-12H2,1-3H3,(H2,17,18). The van der Waals surface area contributed by atoms with E-state index in [4.69, 9.17) is 10.7 Å². The van der Waals surface area contributed by atoms with Crippen LogP contribution in [0.3, 0.4) is 0 Å². The minimum Gasteiger partial charge on any atom is -0.370 e. The number of anilines is 1. The number of aryl methyl sites for hydroxylation is 1. The van der Waals surface area contributed by atoms with E-state index in [0.717, 1.165) is 43.3 Å². The van der Waals surface area contributed by atoms with Crippen molar-refractivity contribution in [3.63, 3.8) is 0 Å². The summed E-state index contributed by atoms with van der Waals surface area (Å²) in [4.78, 5) is 13.7. The molecule has 1 fully saturated rings. The van der Waals surface area contributed by atoms with Gasteiger partial charge in [-0.2, -0.15) is 0 Å². The van der Waals surface area contributed by atoms with Gasteiger partial charge >= 0.3 is 0 Å². The van der Waals surface area contributed by atoms with Gasteiger partial charge in [-0.1, -0.05) is 6.07 Å². The first-order valence-electron chi connectivity index (χ1n) is 7.92. The number of hydrogen-bond acceptors (Lipinski definition) is 3. The van der Waals surface area contributed by atoms with Crippen molar-refractivity contribution in [3.8, 4) is 0 Å². The number of aromatic nitrogens is 1. The van der Waals surface area contributed by atoms with Crippen molar-refractivity contribution in [1.29, 1.82) is 0 Å². The van der Waals surface area contributed by atoms with Gasteiger partial charge in [-0.15, -0.1) is 0 Å². The average Bonchev–Trinajstić information content (AvgIpc) is 3.01. The molecule has 0 bridgehead atoms. The number of nitrogens with two attached hydrogens (primary N) is 1. The lowest BCUT2D eigenvalue weighted by Crippen LogP contribution is -2.37. The fourth-order valence-corrected chi connectivity index (χ4v) is 2.71. The zero-order valence-electron chi connectivity index (χ0n) is 13.5. The molecule has 21 heavy (non-hydrogen) atoms. The van der Waals surface area contributed by atoms with Gasteiger partial charge in [-0.25, -0.2) is 9.98 Å². The predicted molar refractivity (Wildman–Crippen MR) is 88.7 cm³/mol. The summed E-state index contributed by atoms with van der Waals surface area (Å²) < 4.78 is 0. The molecule has 1 aliphatic rings. The molecule has 0 atom stereocenters. The molecule has 5 heteroatoms. The Labute approximate surface area is 127 Å². The van der Waals surface area contributed by atoms with E-state index in [-0.39, 0.29) is 0 Å². The number of guanidine groups is 1. The predicted octanol–water partition coefficient (Wildman–Crippen LogP) is 2.15. The quantitative estimate of drug-likeness (QED) is 0.666. The van der Waals surface area contributed by atoms with Crippen LogP contribution in [-0.2, 0) is 6.54 Å². The molecule has 1 aromatic rings. The summed E-state index contributed by atoms with van der Waals surface area (Å²) >= 11 is 0. The minimum atomic E-state index is 0.599. The van der Waals surface area contributed by atoms with E-state index in [2.05, 4.69) is 40.8 Å². The third-order valence-corrected chi connectivity index (χ3v) is 4.00. The maximum Gasteiger partial charge on any atom is 0.191 e. The third kappa shape index (κ3) is 3.86. The minimum absolute atomic E-state index is 0.599. The lowest BCUT2D eigenvalue weighted by molar-refractivity contribution is 0.458. The van der Waals surface area contributed by atoms with Crippen molar-refractivity contribution < 1.29 is 0 Å². The molecular weight excluding hydrogens is 262 g/mol. The van der Waals surface area contributed by atoms with E-state index < -0.39 is 0 Å². The summed E-state index contributed by atoms with van der Waals surface area (Å²) in [6.45, 7) is 10.8. The van der Waals surface area contributed by atoms with Crippen LogP contribution in [0.25, 0.3) is 0 Å². The molecule has 1 aliphatic heterocycles. The Kier molecular flexibility index (Phi) is 5.42. The van der Waals surface area contributed by atoms with Crippen molar-refractivity contribution in [1.82, 2.24) is 9.88 Å². The van der Waals surface area contributed by atoms with Gasteiger partial charge < -0.3 is 15.5 Å². The molecule has 0 aliphatic carbocycles. The van der Waals surface area contributed by atoms with Crippen LogP contribution in [0.1, 0.15) is 37.9 Å². The molecule has 0 amide bonds. The summed E-state index contributed by atoms with van der Waals surface area (Å²) in [5, 5.41) is 0. The smallest absolute Gasteiger partial charge is 0.191 e. The Morgan fingerprint density at radius 3 is 2.57 bits per heavy atom. The van der Waals surface area contributed by atoms with Crippen molar-refractivity contribution in [3.05, 3.63) is 23.4 Å². The molecule has 0 saturated carbocycles. The van der Waals surface area contributed by atoms with E-state index in [9.17, 15) is 0 Å². The third-order valence-electron chi connectivity index (χ3n) is 4.00. The lowest BCUT2D eigenvalue weighted by atomic mass is 10.2. The van der Waals surface area contributed by atoms with E-state index in [1.165, 1.54) is 12.8 Å². The van der Waals surface area contributed by atoms with Crippen LogP contribution in [0.5, 0.6) is 0 Å². The van der Waals surface area contributed by atoms with Gasteiger partial charge in [-0.3, -0.25) is 0 Å². The number of nitrogens with zero attached hydrogens (tertiary/aromatic N) is 4. The van der Waals surface area contributed by atoms with Crippen LogP contribution in [0.2, 0.25) is 0 Å². The second-order valence-electron chi connectivity index (χ2n) is 5.48. The van der Waals surface area contributed by atoms with Crippen LogP contribution >= 0.6 is 0 Å². The van der Waals surface area contributed by atoms with Gasteiger partial charge in [0.1, 0.15) is 5.82 Å². The maximum atomic E-state index is 6.06. The first kappa shape index (κ1) is 15.6. The number of rotatable bonds is 5. The van der Waals surface area contributed by atoms with E-state index in [1.807, 2.05) is 6.92 Å². The molecular formula is C16H27N5. The topological polar surface area (TPSA) is 57.8 Å². The molecule has 116 valence electrons. The Morgan fingerprint density at radius 2 is 1.95 bits per heavy atom. The Hall–Kier alpha value is -1.78. The molecule has 2 N–H and O–H groups in total. The van der Waals surface area contributed by atoms with Gasteiger partial charge in [0, 0.05) is 37.4 Å². The van der Waals surface area contributed by atoms with Crippen molar-refractivity contribution >= 4 is 11.8 Å². The van der Waals surface area contributed by atoms with Crippen LogP contribution in [0.4, 0.5) is 5.82 Å². The summed E-state index contributed by atoms with van der Waals surface area (Å²) in [7, 11) is 0. The van der Waals surface area contributed by atoms with Gasteiger partial charge in [-0.05, 0) is 39.7 Å². The number of hydrogen-bond donors (Lipinski definition) is 1. The monoisotopic (exact) mass is 289 g/mol. The molecule has 0 spiro atoms. The van der Waals surface area contributed by atoms with E-state index >= 15 is 0 Å². The molecule has 1 saturated heterocycles. The van der Waals surface area contributed by atoms with Gasteiger partial charge in [0.2, 0.25) is 0 Å². The van der Waals surface area contributed by atoms with Crippen molar-refractivity contribution in [2.45, 2.75) is 40.2 Å². The molecule has 2 heterocycles. The van der Waals surface area contributed by atoms with Gasteiger partial charge in [0.25, 0.3) is 0 Å². The highest BCUT2D eigenvalue weighted by molar-refractivity contribution is 5.78. The second-order valence-corrected chi connectivity index (χ2v) is 5.48. The van der Waals surface area contributed by atoms with Crippen LogP contribution < -0.4 is 10.6 Å². The highest BCUT2D eigenvalue weighted by atomic mass is 15.2. The lowest BCUT2D eigenvalue weighted by Gasteiger charge is -2.21. The first-order chi connectivity index (χ1) is 10.2. The number of pyridine rings is 1. The second kappa shape index (κ2) is 7.29. The molecule has 5 nitrogen and oxygen atoms in total. The maximum absolute atomic E-state index is 6.06. The highest BCUT2D eigenvalue weighted by Gasteiger charge is 2.17. The zero-order chi connectivity index (χ0) is 15.2. The largest absolute Gasteiger partial charge is 0.370 e. The molecule has 0 aromatic carbocycles. The van der Waals surface area contributed by atoms with E-state index in [0.29, 0.717) is 12.5 Å². The Morgan fingerprint density at radius 1 is 1.29 bits per heavy atom. The summed E-state index contributed by atoms with van der Waals surface area (Å²) in [5.41, 5.74) is 8.28. The molecule has 0 unspecified atom stereocenters. The first-order valence-corrected chi connectivity index (χ1v) is 7.92.